The summed E-state index contributed by atoms with van der Waals surface area (Å²) in [5, 5.41) is 3.22. The van der Waals surface area contributed by atoms with Crippen molar-refractivity contribution in [3.05, 3.63) is 22.1 Å². The molecule has 1 unspecified atom stereocenters. The summed E-state index contributed by atoms with van der Waals surface area (Å²) in [6.07, 6.45) is 1.02. The molecule has 2 heterocycles. The third kappa shape index (κ3) is 1.70. The minimum Gasteiger partial charge on any atom is -0.369 e. The topological polar surface area (TPSA) is 83.8 Å². The Hall–Kier alpha value is -1.36. The molecule has 1 fully saturated rings. The van der Waals surface area contributed by atoms with E-state index in [0.717, 1.165) is 25.2 Å². The number of hydrogen-bond donors (Lipinski definition) is 3. The van der Waals surface area contributed by atoms with Crippen molar-refractivity contribution in [2.24, 2.45) is 0 Å². The van der Waals surface area contributed by atoms with Gasteiger partial charge >= 0.3 is 0 Å². The van der Waals surface area contributed by atoms with Crippen LogP contribution in [0.5, 0.6) is 0 Å². The molecule has 0 radical (unpaired) electrons. The zero-order valence-electron chi connectivity index (χ0n) is 7.21. The van der Waals surface area contributed by atoms with Gasteiger partial charge in [-0.3, -0.25) is 9.78 Å². The molecule has 1 atom stereocenters. The van der Waals surface area contributed by atoms with Crippen molar-refractivity contribution in [2.75, 3.05) is 18.8 Å². The Bertz CT molecular complexity index is 353. The van der Waals surface area contributed by atoms with Gasteiger partial charge in [0.2, 0.25) is 5.95 Å². The minimum atomic E-state index is -0.172. The zero-order valence-corrected chi connectivity index (χ0v) is 7.21. The van der Waals surface area contributed by atoms with Crippen molar-refractivity contribution in [3.63, 3.8) is 0 Å². The molecule has 1 aromatic heterocycles. The maximum atomic E-state index is 11.1. The Morgan fingerprint density at radius 1 is 1.62 bits per heavy atom. The summed E-state index contributed by atoms with van der Waals surface area (Å²) < 4.78 is 0. The number of aromatic amines is 1. The fourth-order valence-electron chi connectivity index (χ4n) is 1.61. The van der Waals surface area contributed by atoms with Gasteiger partial charge in [0.05, 0.1) is 5.69 Å². The summed E-state index contributed by atoms with van der Waals surface area (Å²) in [5.74, 6) is 0.541. The van der Waals surface area contributed by atoms with Crippen LogP contribution >= 0.6 is 0 Å². The molecule has 0 amide bonds. The number of nitrogen functional groups attached to an aromatic ring is 1. The summed E-state index contributed by atoms with van der Waals surface area (Å²) in [6, 6.07) is 1.52. The van der Waals surface area contributed by atoms with Gasteiger partial charge in [0, 0.05) is 18.5 Å². The van der Waals surface area contributed by atoms with E-state index in [0.29, 0.717) is 5.92 Å². The van der Waals surface area contributed by atoms with Crippen LogP contribution < -0.4 is 16.6 Å². The molecule has 5 heteroatoms. The lowest BCUT2D eigenvalue weighted by Crippen LogP contribution is -2.15. The molecule has 1 aliphatic rings. The Labute approximate surface area is 75.4 Å². The normalized spacial score (nSPS) is 22.0. The molecule has 5 nitrogen and oxygen atoms in total. The summed E-state index contributed by atoms with van der Waals surface area (Å²) >= 11 is 0. The standard InChI is InChI=1S/C8H12N4O/c9-8-11-6(3-7(13)12-8)5-1-2-10-4-5/h3,5,10H,1-2,4H2,(H3,9,11,12,13). The van der Waals surface area contributed by atoms with Gasteiger partial charge in [0.15, 0.2) is 0 Å². The molecular weight excluding hydrogens is 168 g/mol. The number of rotatable bonds is 1. The van der Waals surface area contributed by atoms with Crippen LogP contribution in [0.15, 0.2) is 10.9 Å². The number of H-pyrrole nitrogens is 1. The van der Waals surface area contributed by atoms with Crippen molar-refractivity contribution in [1.29, 1.82) is 0 Å². The monoisotopic (exact) mass is 180 g/mol. The average molecular weight is 180 g/mol. The van der Waals surface area contributed by atoms with E-state index in [9.17, 15) is 4.79 Å². The van der Waals surface area contributed by atoms with E-state index in [1.807, 2.05) is 0 Å². The minimum absolute atomic E-state index is 0.172. The van der Waals surface area contributed by atoms with E-state index >= 15 is 0 Å². The lowest BCUT2D eigenvalue weighted by atomic mass is 10.1. The highest BCUT2D eigenvalue weighted by Gasteiger charge is 2.18. The quantitative estimate of drug-likeness (QED) is 0.540. The van der Waals surface area contributed by atoms with E-state index < -0.39 is 0 Å². The van der Waals surface area contributed by atoms with Crippen LogP contribution in [0, 0.1) is 0 Å². The molecule has 0 saturated carbocycles. The van der Waals surface area contributed by atoms with Crippen LogP contribution in [0.25, 0.3) is 0 Å². The molecule has 70 valence electrons. The first-order chi connectivity index (χ1) is 6.25. The molecule has 0 aliphatic carbocycles. The lowest BCUT2D eigenvalue weighted by Gasteiger charge is -2.06. The predicted octanol–water partition coefficient (Wildman–Crippen LogP) is -0.571. The van der Waals surface area contributed by atoms with Gasteiger partial charge in [-0.05, 0) is 13.0 Å². The predicted molar refractivity (Wildman–Crippen MR) is 49.5 cm³/mol. The van der Waals surface area contributed by atoms with Gasteiger partial charge in [-0.15, -0.1) is 0 Å². The number of anilines is 1. The summed E-state index contributed by atoms with van der Waals surface area (Å²) in [7, 11) is 0. The molecule has 2 rings (SSSR count). The number of nitrogens with zero attached hydrogens (tertiary/aromatic N) is 1. The van der Waals surface area contributed by atoms with Gasteiger partial charge < -0.3 is 11.1 Å². The Morgan fingerprint density at radius 2 is 2.46 bits per heavy atom. The van der Waals surface area contributed by atoms with Gasteiger partial charge in [-0.25, -0.2) is 4.98 Å². The molecule has 13 heavy (non-hydrogen) atoms. The number of nitrogens with one attached hydrogen (secondary N) is 2. The Morgan fingerprint density at radius 3 is 3.08 bits per heavy atom. The average Bonchev–Trinajstić information content (AvgIpc) is 2.53. The van der Waals surface area contributed by atoms with Gasteiger partial charge in [0.25, 0.3) is 5.56 Å². The van der Waals surface area contributed by atoms with Gasteiger partial charge in [-0.2, -0.15) is 0 Å². The first-order valence-electron chi connectivity index (χ1n) is 4.33. The summed E-state index contributed by atoms with van der Waals surface area (Å²) in [6.45, 7) is 1.87. The highest BCUT2D eigenvalue weighted by molar-refractivity contribution is 5.20. The van der Waals surface area contributed by atoms with Crippen molar-refractivity contribution in [3.8, 4) is 0 Å². The fourth-order valence-corrected chi connectivity index (χ4v) is 1.61. The van der Waals surface area contributed by atoms with E-state index in [-0.39, 0.29) is 11.5 Å². The second-order valence-electron chi connectivity index (χ2n) is 3.25. The van der Waals surface area contributed by atoms with Crippen molar-refractivity contribution in [2.45, 2.75) is 12.3 Å². The third-order valence-electron chi connectivity index (χ3n) is 2.26. The zero-order chi connectivity index (χ0) is 9.26. The Kier molecular flexibility index (Phi) is 2.02. The lowest BCUT2D eigenvalue weighted by molar-refractivity contribution is 0.730. The molecule has 1 aromatic rings. The first-order valence-corrected chi connectivity index (χ1v) is 4.33. The molecule has 1 saturated heterocycles. The van der Waals surface area contributed by atoms with Crippen LogP contribution in [-0.4, -0.2) is 23.1 Å². The van der Waals surface area contributed by atoms with Gasteiger partial charge in [0.1, 0.15) is 0 Å². The number of hydrogen-bond acceptors (Lipinski definition) is 4. The fraction of sp³-hybridized carbons (Fsp3) is 0.500. The Balaban J connectivity index is 2.33. The van der Waals surface area contributed by atoms with Crippen LogP contribution in [0.2, 0.25) is 0 Å². The van der Waals surface area contributed by atoms with Crippen LogP contribution in [-0.2, 0) is 0 Å². The van der Waals surface area contributed by atoms with E-state index in [1.165, 1.54) is 6.07 Å². The largest absolute Gasteiger partial charge is 0.369 e. The van der Waals surface area contributed by atoms with Crippen molar-refractivity contribution >= 4 is 5.95 Å². The smallest absolute Gasteiger partial charge is 0.252 e. The molecule has 0 bridgehead atoms. The second-order valence-corrected chi connectivity index (χ2v) is 3.25. The molecular formula is C8H12N4O. The van der Waals surface area contributed by atoms with Crippen molar-refractivity contribution in [1.82, 2.24) is 15.3 Å². The third-order valence-corrected chi connectivity index (χ3v) is 2.26. The number of nitrogens with two attached hydrogens (primary N) is 1. The summed E-state index contributed by atoms with van der Waals surface area (Å²) in [4.78, 5) is 17.6. The van der Waals surface area contributed by atoms with E-state index in [1.54, 1.807) is 0 Å². The molecule has 4 N–H and O–H groups in total. The van der Waals surface area contributed by atoms with Crippen LogP contribution in [0.1, 0.15) is 18.0 Å². The van der Waals surface area contributed by atoms with E-state index in [2.05, 4.69) is 15.3 Å². The van der Waals surface area contributed by atoms with E-state index in [4.69, 9.17) is 5.73 Å². The molecule has 0 aromatic carbocycles. The SMILES string of the molecule is Nc1nc(C2CCNC2)cc(=O)[nH]1. The maximum absolute atomic E-state index is 11.1. The molecule has 0 spiro atoms. The first kappa shape index (κ1) is 8.25. The van der Waals surface area contributed by atoms with Crippen LogP contribution in [0.4, 0.5) is 5.95 Å². The maximum Gasteiger partial charge on any atom is 0.252 e. The van der Waals surface area contributed by atoms with Crippen LogP contribution in [0.3, 0.4) is 0 Å². The second kappa shape index (κ2) is 3.18. The van der Waals surface area contributed by atoms with Gasteiger partial charge in [-0.1, -0.05) is 0 Å². The highest BCUT2D eigenvalue weighted by atomic mass is 16.1. The summed E-state index contributed by atoms with van der Waals surface area (Å²) in [5.41, 5.74) is 6.07. The van der Waals surface area contributed by atoms with Crippen molar-refractivity contribution < 1.29 is 0 Å². The molecule has 1 aliphatic heterocycles. The number of aromatic nitrogens is 2. The highest BCUT2D eigenvalue weighted by Crippen LogP contribution is 2.18.